The van der Waals surface area contributed by atoms with E-state index in [1.165, 1.54) is 30.3 Å². The summed E-state index contributed by atoms with van der Waals surface area (Å²) in [7, 11) is 0. The number of carboxylic acid groups (broad SMARTS) is 1. The molecule has 1 aliphatic rings. The Morgan fingerprint density at radius 1 is 0.971 bits per heavy atom. The van der Waals surface area contributed by atoms with Crippen LogP contribution >= 0.6 is 23.2 Å². The van der Waals surface area contributed by atoms with Crippen molar-refractivity contribution >= 4 is 46.7 Å². The molecule has 0 saturated heterocycles. The summed E-state index contributed by atoms with van der Waals surface area (Å²) < 4.78 is 16.3. The SMILES string of the molecule is O=C(O)C(=O)Nc1cc(Cl)c(Oc2ccc(O)c(C(=O)NCc3ccc4c(c3)OCO4)c2)c(Cl)c1. The minimum atomic E-state index is -1.68. The van der Waals surface area contributed by atoms with Gasteiger partial charge in [0.2, 0.25) is 6.79 Å². The van der Waals surface area contributed by atoms with Crippen LogP contribution in [-0.2, 0) is 16.1 Å². The lowest BCUT2D eigenvalue weighted by Gasteiger charge is -2.13. The Morgan fingerprint density at radius 3 is 2.40 bits per heavy atom. The molecule has 0 spiro atoms. The summed E-state index contributed by atoms with van der Waals surface area (Å²) in [5.41, 5.74) is 0.762. The predicted octanol–water partition coefficient (Wildman–Crippen LogP) is 4.17. The quantitative estimate of drug-likeness (QED) is 0.356. The van der Waals surface area contributed by atoms with Gasteiger partial charge in [-0.1, -0.05) is 29.3 Å². The van der Waals surface area contributed by atoms with Gasteiger partial charge in [0.05, 0.1) is 15.6 Å². The maximum absolute atomic E-state index is 12.7. The standard InChI is InChI=1S/C23H16Cl2N2O8/c24-15-6-12(27-22(30)23(31)32)7-16(25)20(15)35-13-2-3-17(28)14(8-13)21(29)26-9-11-1-4-18-19(5-11)34-10-33-18/h1-8,28H,9-10H2,(H,26,29)(H,27,30)(H,31,32). The Morgan fingerprint density at radius 2 is 1.69 bits per heavy atom. The predicted molar refractivity (Wildman–Crippen MR) is 125 cm³/mol. The van der Waals surface area contributed by atoms with Gasteiger partial charge in [0.25, 0.3) is 5.91 Å². The second-order valence-electron chi connectivity index (χ2n) is 7.18. The molecule has 4 N–H and O–H groups in total. The number of amides is 2. The number of halogens is 2. The summed E-state index contributed by atoms with van der Waals surface area (Å²) >= 11 is 12.4. The Balaban J connectivity index is 1.47. The first-order chi connectivity index (χ1) is 16.7. The van der Waals surface area contributed by atoms with Crippen LogP contribution in [0.3, 0.4) is 0 Å². The number of aromatic hydroxyl groups is 1. The van der Waals surface area contributed by atoms with Crippen LogP contribution in [0.1, 0.15) is 15.9 Å². The van der Waals surface area contributed by atoms with Gasteiger partial charge in [-0.3, -0.25) is 9.59 Å². The first-order valence-corrected chi connectivity index (χ1v) is 10.7. The fourth-order valence-corrected chi connectivity index (χ4v) is 3.69. The van der Waals surface area contributed by atoms with E-state index in [0.29, 0.717) is 11.5 Å². The lowest BCUT2D eigenvalue weighted by molar-refractivity contribution is -0.147. The number of ether oxygens (including phenoxy) is 3. The molecule has 35 heavy (non-hydrogen) atoms. The van der Waals surface area contributed by atoms with Gasteiger partial charge in [0, 0.05) is 12.2 Å². The van der Waals surface area contributed by atoms with Gasteiger partial charge in [0.15, 0.2) is 17.2 Å². The van der Waals surface area contributed by atoms with Crippen molar-refractivity contribution < 1.29 is 38.8 Å². The van der Waals surface area contributed by atoms with E-state index in [9.17, 15) is 19.5 Å². The van der Waals surface area contributed by atoms with Gasteiger partial charge >= 0.3 is 11.9 Å². The highest BCUT2D eigenvalue weighted by atomic mass is 35.5. The molecule has 0 bridgehead atoms. The number of carbonyl (C=O) groups is 3. The molecule has 1 aliphatic heterocycles. The molecule has 180 valence electrons. The third-order valence-electron chi connectivity index (χ3n) is 4.77. The minimum Gasteiger partial charge on any atom is -0.507 e. The van der Waals surface area contributed by atoms with Crippen LogP contribution in [0, 0.1) is 0 Å². The maximum atomic E-state index is 12.7. The zero-order chi connectivity index (χ0) is 25.1. The second-order valence-corrected chi connectivity index (χ2v) is 7.99. The molecule has 12 heteroatoms. The van der Waals surface area contributed by atoms with Gasteiger partial charge in [-0.25, -0.2) is 4.79 Å². The first kappa shape index (κ1) is 24.0. The summed E-state index contributed by atoms with van der Waals surface area (Å²) in [5, 5.41) is 23.6. The van der Waals surface area contributed by atoms with Gasteiger partial charge in [-0.15, -0.1) is 0 Å². The Bertz CT molecular complexity index is 1320. The molecular weight excluding hydrogens is 503 g/mol. The summed E-state index contributed by atoms with van der Waals surface area (Å²) in [4.78, 5) is 34.7. The number of rotatable bonds is 6. The molecule has 0 aliphatic carbocycles. The lowest BCUT2D eigenvalue weighted by Crippen LogP contribution is -2.22. The summed E-state index contributed by atoms with van der Waals surface area (Å²) in [6.45, 7) is 0.306. The van der Waals surface area contributed by atoms with Crippen molar-refractivity contribution in [3.8, 4) is 28.7 Å². The topological polar surface area (TPSA) is 143 Å². The van der Waals surface area contributed by atoms with Crippen LogP contribution in [-0.4, -0.2) is 34.8 Å². The molecule has 0 atom stereocenters. The van der Waals surface area contributed by atoms with E-state index in [0.717, 1.165) is 5.56 Å². The fourth-order valence-electron chi connectivity index (χ4n) is 3.12. The van der Waals surface area contributed by atoms with Gasteiger partial charge in [0.1, 0.15) is 11.5 Å². The molecule has 1 heterocycles. The van der Waals surface area contributed by atoms with Gasteiger partial charge in [-0.2, -0.15) is 0 Å². The van der Waals surface area contributed by atoms with Crippen LogP contribution in [0.25, 0.3) is 0 Å². The monoisotopic (exact) mass is 518 g/mol. The molecule has 3 aromatic carbocycles. The number of hydrogen-bond acceptors (Lipinski definition) is 7. The number of carbonyl (C=O) groups excluding carboxylic acids is 2. The lowest BCUT2D eigenvalue weighted by atomic mass is 10.1. The van der Waals surface area contributed by atoms with Crippen molar-refractivity contribution in [1.82, 2.24) is 5.32 Å². The number of nitrogens with one attached hydrogen (secondary N) is 2. The van der Waals surface area contributed by atoms with Gasteiger partial charge < -0.3 is 35.1 Å². The highest BCUT2D eigenvalue weighted by Gasteiger charge is 2.18. The number of hydrogen-bond donors (Lipinski definition) is 4. The number of benzene rings is 3. The van der Waals surface area contributed by atoms with Crippen molar-refractivity contribution in [2.24, 2.45) is 0 Å². The third-order valence-corrected chi connectivity index (χ3v) is 5.33. The number of phenolic OH excluding ortho intramolecular Hbond substituents is 1. The summed E-state index contributed by atoms with van der Waals surface area (Å²) in [6, 6.07) is 11.7. The molecule has 2 amide bonds. The molecule has 0 fully saturated rings. The molecule has 4 rings (SSSR count). The number of aliphatic carboxylic acids is 1. The largest absolute Gasteiger partial charge is 0.507 e. The van der Waals surface area contributed by atoms with E-state index in [2.05, 4.69) is 10.6 Å². The van der Waals surface area contributed by atoms with Crippen LogP contribution in [0.15, 0.2) is 48.5 Å². The molecule has 10 nitrogen and oxygen atoms in total. The van der Waals surface area contributed by atoms with E-state index in [4.69, 9.17) is 42.5 Å². The molecule has 3 aromatic rings. The molecule has 0 saturated carbocycles. The van der Waals surface area contributed by atoms with Crippen LogP contribution < -0.4 is 24.8 Å². The summed E-state index contributed by atoms with van der Waals surface area (Å²) in [5.74, 6) is -2.43. The van der Waals surface area contributed by atoms with Gasteiger partial charge in [-0.05, 0) is 48.0 Å². The highest BCUT2D eigenvalue weighted by molar-refractivity contribution is 6.39. The van der Waals surface area contributed by atoms with E-state index in [1.807, 2.05) is 0 Å². The average Bonchev–Trinajstić information content (AvgIpc) is 3.28. The first-order valence-electron chi connectivity index (χ1n) is 9.92. The number of phenols is 1. The molecular formula is C23H16Cl2N2O8. The van der Waals surface area contributed by atoms with Crippen LogP contribution in [0.5, 0.6) is 28.7 Å². The number of carboxylic acids is 1. The van der Waals surface area contributed by atoms with E-state index in [-0.39, 0.29) is 51.9 Å². The Kier molecular flexibility index (Phi) is 6.85. The minimum absolute atomic E-state index is 0.000866. The van der Waals surface area contributed by atoms with E-state index in [1.54, 1.807) is 18.2 Å². The van der Waals surface area contributed by atoms with Crippen molar-refractivity contribution in [1.29, 1.82) is 0 Å². The maximum Gasteiger partial charge on any atom is 0.394 e. The van der Waals surface area contributed by atoms with Crippen molar-refractivity contribution in [2.45, 2.75) is 6.54 Å². The third kappa shape index (κ3) is 5.51. The fraction of sp³-hybridized carbons (Fsp3) is 0.0870. The normalized spacial score (nSPS) is 11.6. The highest BCUT2D eigenvalue weighted by Crippen LogP contribution is 2.39. The molecule has 0 aromatic heterocycles. The summed E-state index contributed by atoms with van der Waals surface area (Å²) in [6.07, 6.45) is 0. The number of fused-ring (bicyclic) bond motifs is 1. The second kappa shape index (κ2) is 10.00. The Labute approximate surface area is 207 Å². The number of anilines is 1. The van der Waals surface area contributed by atoms with Crippen LogP contribution in [0.2, 0.25) is 10.0 Å². The smallest absolute Gasteiger partial charge is 0.394 e. The average molecular weight is 519 g/mol. The van der Waals surface area contributed by atoms with Crippen molar-refractivity contribution in [3.63, 3.8) is 0 Å². The molecule has 0 unspecified atom stereocenters. The van der Waals surface area contributed by atoms with Crippen molar-refractivity contribution in [2.75, 3.05) is 12.1 Å². The zero-order valence-electron chi connectivity index (χ0n) is 17.6. The van der Waals surface area contributed by atoms with E-state index < -0.39 is 17.8 Å². The van der Waals surface area contributed by atoms with Crippen LogP contribution in [0.4, 0.5) is 5.69 Å². The molecule has 0 radical (unpaired) electrons. The van der Waals surface area contributed by atoms with E-state index >= 15 is 0 Å². The zero-order valence-corrected chi connectivity index (χ0v) is 19.1. The Hall–Kier alpha value is -4.15. The van der Waals surface area contributed by atoms with Crippen molar-refractivity contribution in [3.05, 3.63) is 69.7 Å².